The third-order valence-electron chi connectivity index (χ3n) is 2.88. The van der Waals surface area contributed by atoms with Crippen molar-refractivity contribution in [3.8, 4) is 0 Å². The molecule has 0 fully saturated rings. The van der Waals surface area contributed by atoms with Gasteiger partial charge in [0.25, 0.3) is 5.56 Å². The Morgan fingerprint density at radius 3 is 2.75 bits per heavy atom. The van der Waals surface area contributed by atoms with Gasteiger partial charge in [0.1, 0.15) is 0 Å². The molecule has 0 bridgehead atoms. The molecule has 1 amide bonds. The zero-order valence-corrected chi connectivity index (χ0v) is 10.5. The summed E-state index contributed by atoms with van der Waals surface area (Å²) in [6.45, 7) is 1.11. The van der Waals surface area contributed by atoms with Gasteiger partial charge in [-0.25, -0.2) is 4.52 Å². The largest absolute Gasteiger partial charge is 0.417 e. The van der Waals surface area contributed by atoms with Gasteiger partial charge in [0.15, 0.2) is 0 Å². The number of hydrogen-bond donors (Lipinski definition) is 2. The number of aromatic nitrogens is 2. The number of H-pyrrole nitrogens is 1. The van der Waals surface area contributed by atoms with Crippen LogP contribution in [0.25, 0.3) is 5.52 Å². The second-order valence-corrected chi connectivity index (χ2v) is 4.19. The van der Waals surface area contributed by atoms with Crippen LogP contribution in [0.15, 0.2) is 23.1 Å². The van der Waals surface area contributed by atoms with E-state index in [2.05, 4.69) is 10.4 Å². The first-order valence-electron chi connectivity index (χ1n) is 5.90. The van der Waals surface area contributed by atoms with E-state index in [-0.39, 0.29) is 11.9 Å². The first-order chi connectivity index (χ1) is 9.34. The minimum Gasteiger partial charge on any atom is -0.352 e. The average molecular weight is 287 g/mol. The van der Waals surface area contributed by atoms with Crippen LogP contribution < -0.4 is 10.9 Å². The molecule has 0 spiro atoms. The minimum atomic E-state index is -4.66. The Morgan fingerprint density at radius 1 is 1.45 bits per heavy atom. The lowest BCUT2D eigenvalue weighted by Crippen LogP contribution is -2.31. The zero-order chi connectivity index (χ0) is 14.9. The van der Waals surface area contributed by atoms with Crippen LogP contribution >= 0.6 is 0 Å². The van der Waals surface area contributed by atoms with Gasteiger partial charge in [-0.05, 0) is 12.1 Å². The van der Waals surface area contributed by atoms with Crippen molar-refractivity contribution in [1.82, 2.24) is 14.9 Å². The Labute approximate surface area is 111 Å². The van der Waals surface area contributed by atoms with Gasteiger partial charge in [0.05, 0.1) is 16.6 Å². The molecule has 0 aliphatic heterocycles. The van der Waals surface area contributed by atoms with E-state index in [0.717, 1.165) is 10.6 Å². The van der Waals surface area contributed by atoms with Crippen molar-refractivity contribution in [2.24, 2.45) is 0 Å². The summed E-state index contributed by atoms with van der Waals surface area (Å²) in [5, 5.41) is 4.83. The van der Waals surface area contributed by atoms with Crippen LogP contribution in [0.5, 0.6) is 0 Å². The van der Waals surface area contributed by atoms with E-state index < -0.39 is 35.3 Å². The number of aromatic amines is 1. The van der Waals surface area contributed by atoms with Gasteiger partial charge >= 0.3 is 6.18 Å². The predicted octanol–water partition coefficient (Wildman–Crippen LogP) is 1.67. The average Bonchev–Trinajstić information content (AvgIpc) is 2.84. The molecule has 2 N–H and O–H groups in total. The predicted molar refractivity (Wildman–Crippen MR) is 65.2 cm³/mol. The van der Waals surface area contributed by atoms with Crippen molar-refractivity contribution in [1.29, 1.82) is 0 Å². The number of alkyl halides is 3. The number of halogens is 3. The highest BCUT2D eigenvalue weighted by molar-refractivity contribution is 5.75. The maximum Gasteiger partial charge on any atom is 0.417 e. The molecule has 108 valence electrons. The van der Waals surface area contributed by atoms with Crippen molar-refractivity contribution in [3.05, 3.63) is 39.8 Å². The molecule has 0 saturated heterocycles. The van der Waals surface area contributed by atoms with Gasteiger partial charge < -0.3 is 5.32 Å². The Hall–Kier alpha value is -2.25. The number of carbonyl (C=O) groups excluding carboxylic acids is 1. The standard InChI is InChI=1S/C12H12F3N3O2/c1-2-10(19)16-6-8-9(12(13,14)15)5-7-3-4-17-18(7)11(8)20/h3-5,17H,2,6H2,1H3,(H,16,19). The number of rotatable bonds is 3. The first kappa shape index (κ1) is 14.2. The van der Waals surface area contributed by atoms with Crippen LogP contribution in [0.3, 0.4) is 0 Å². The highest BCUT2D eigenvalue weighted by atomic mass is 19.4. The van der Waals surface area contributed by atoms with E-state index in [1.54, 1.807) is 6.92 Å². The highest BCUT2D eigenvalue weighted by Crippen LogP contribution is 2.31. The lowest BCUT2D eigenvalue weighted by atomic mass is 10.1. The summed E-state index contributed by atoms with van der Waals surface area (Å²) in [6, 6.07) is 2.25. The van der Waals surface area contributed by atoms with E-state index >= 15 is 0 Å². The third kappa shape index (κ3) is 2.54. The van der Waals surface area contributed by atoms with Crippen molar-refractivity contribution in [3.63, 3.8) is 0 Å². The monoisotopic (exact) mass is 287 g/mol. The number of nitrogens with one attached hydrogen (secondary N) is 2. The van der Waals surface area contributed by atoms with E-state index in [1.165, 1.54) is 12.3 Å². The maximum absolute atomic E-state index is 13.0. The molecule has 0 atom stereocenters. The lowest BCUT2D eigenvalue weighted by Gasteiger charge is -2.13. The fraction of sp³-hybridized carbons (Fsp3) is 0.333. The van der Waals surface area contributed by atoms with Crippen molar-refractivity contribution in [2.45, 2.75) is 26.1 Å². The number of hydrogen-bond acceptors (Lipinski definition) is 2. The fourth-order valence-corrected chi connectivity index (χ4v) is 1.86. The summed E-state index contributed by atoms with van der Waals surface area (Å²) in [4.78, 5) is 23.2. The molecule has 8 heteroatoms. The Kier molecular flexibility index (Phi) is 3.56. The second kappa shape index (κ2) is 5.03. The topological polar surface area (TPSA) is 66.4 Å². The molecular formula is C12H12F3N3O2. The molecular weight excluding hydrogens is 275 g/mol. The number of nitrogens with zero attached hydrogens (tertiary/aromatic N) is 1. The van der Waals surface area contributed by atoms with Gasteiger partial charge in [0, 0.05) is 19.2 Å². The summed E-state index contributed by atoms with van der Waals surface area (Å²) < 4.78 is 40.0. The van der Waals surface area contributed by atoms with E-state index in [0.29, 0.717) is 0 Å². The number of carbonyl (C=O) groups is 1. The van der Waals surface area contributed by atoms with Gasteiger partial charge in [-0.3, -0.25) is 14.7 Å². The molecule has 0 radical (unpaired) electrons. The van der Waals surface area contributed by atoms with Crippen LogP contribution in [-0.4, -0.2) is 15.5 Å². The lowest BCUT2D eigenvalue weighted by molar-refractivity contribution is -0.138. The summed E-state index contributed by atoms with van der Waals surface area (Å²) in [5.74, 6) is -0.422. The van der Waals surface area contributed by atoms with Crippen molar-refractivity contribution in [2.75, 3.05) is 0 Å². The molecule has 0 saturated carbocycles. The molecule has 2 rings (SSSR count). The smallest absolute Gasteiger partial charge is 0.352 e. The molecule has 5 nitrogen and oxygen atoms in total. The summed E-state index contributed by atoms with van der Waals surface area (Å²) in [6.07, 6.45) is -3.16. The molecule has 0 aromatic carbocycles. The van der Waals surface area contributed by atoms with E-state index in [1.807, 2.05) is 0 Å². The molecule has 20 heavy (non-hydrogen) atoms. The number of amides is 1. The molecule has 0 aliphatic rings. The van der Waals surface area contributed by atoms with Crippen LogP contribution in [0.1, 0.15) is 24.5 Å². The zero-order valence-electron chi connectivity index (χ0n) is 10.5. The van der Waals surface area contributed by atoms with Gasteiger partial charge in [-0.15, -0.1) is 0 Å². The number of pyridine rings is 1. The molecule has 2 aromatic heterocycles. The van der Waals surface area contributed by atoms with Gasteiger partial charge in [-0.1, -0.05) is 6.92 Å². The Morgan fingerprint density at radius 2 is 2.15 bits per heavy atom. The molecule has 2 heterocycles. The first-order valence-corrected chi connectivity index (χ1v) is 5.90. The summed E-state index contributed by atoms with van der Waals surface area (Å²) in [7, 11) is 0. The van der Waals surface area contributed by atoms with E-state index in [9.17, 15) is 22.8 Å². The Bertz CT molecular complexity index is 700. The second-order valence-electron chi connectivity index (χ2n) is 4.19. The maximum atomic E-state index is 13.0. The molecule has 0 aliphatic carbocycles. The van der Waals surface area contributed by atoms with Gasteiger partial charge in [-0.2, -0.15) is 13.2 Å². The SMILES string of the molecule is CCC(=O)NCc1c(C(F)(F)F)cc2cc[nH]n2c1=O. The van der Waals surface area contributed by atoms with Crippen LogP contribution in [0.4, 0.5) is 13.2 Å². The van der Waals surface area contributed by atoms with E-state index in [4.69, 9.17) is 0 Å². The minimum absolute atomic E-state index is 0.118. The van der Waals surface area contributed by atoms with Crippen LogP contribution in [0.2, 0.25) is 0 Å². The highest BCUT2D eigenvalue weighted by Gasteiger charge is 2.35. The normalized spacial score (nSPS) is 11.8. The fourth-order valence-electron chi connectivity index (χ4n) is 1.86. The van der Waals surface area contributed by atoms with Gasteiger partial charge in [0.2, 0.25) is 5.91 Å². The Balaban J connectivity index is 2.56. The van der Waals surface area contributed by atoms with Crippen molar-refractivity contribution < 1.29 is 18.0 Å². The summed E-state index contributed by atoms with van der Waals surface area (Å²) >= 11 is 0. The number of fused-ring (bicyclic) bond motifs is 1. The van der Waals surface area contributed by atoms with Crippen LogP contribution in [0, 0.1) is 0 Å². The van der Waals surface area contributed by atoms with Crippen molar-refractivity contribution >= 4 is 11.4 Å². The third-order valence-corrected chi connectivity index (χ3v) is 2.88. The molecule has 2 aromatic rings. The molecule has 0 unspecified atom stereocenters. The summed E-state index contributed by atoms with van der Waals surface area (Å²) in [5.41, 5.74) is -2.22. The quantitative estimate of drug-likeness (QED) is 0.902. The van der Waals surface area contributed by atoms with Crippen LogP contribution in [-0.2, 0) is 17.5 Å².